The van der Waals surface area contributed by atoms with Gasteiger partial charge in [-0.15, -0.1) is 0 Å². The van der Waals surface area contributed by atoms with E-state index in [1.54, 1.807) is 0 Å². The Balaban J connectivity index is 1.87. The Bertz CT molecular complexity index is 1020. The zero-order chi connectivity index (χ0) is 22.6. The molecule has 0 aromatic heterocycles. The lowest BCUT2D eigenvalue weighted by Crippen LogP contribution is -2.50. The van der Waals surface area contributed by atoms with Crippen molar-refractivity contribution in [1.82, 2.24) is 4.90 Å². The van der Waals surface area contributed by atoms with Crippen LogP contribution in [0.1, 0.15) is 28.3 Å². The Labute approximate surface area is 188 Å². The van der Waals surface area contributed by atoms with Crippen LogP contribution in [0, 0.1) is 5.41 Å². The van der Waals surface area contributed by atoms with Crippen LogP contribution in [0.2, 0.25) is 0 Å². The summed E-state index contributed by atoms with van der Waals surface area (Å²) in [5.74, 6) is -1.15. The maximum absolute atomic E-state index is 13.3. The molecule has 0 N–H and O–H groups in total. The molecule has 32 heavy (non-hydrogen) atoms. The molecule has 0 heterocycles. The topological polar surface area (TPSA) is 55.8 Å². The molecule has 164 valence electrons. The van der Waals surface area contributed by atoms with E-state index in [0.717, 1.165) is 22.3 Å². The summed E-state index contributed by atoms with van der Waals surface area (Å²) in [5, 5.41) is 0. The number of nitrogens with zero attached hydrogens (tertiary/aromatic N) is 1. The van der Waals surface area contributed by atoms with E-state index in [4.69, 9.17) is 9.47 Å². The molecule has 1 atom stereocenters. The molecule has 0 radical (unpaired) electrons. The quantitative estimate of drug-likeness (QED) is 0.414. The van der Waals surface area contributed by atoms with Crippen molar-refractivity contribution in [3.05, 3.63) is 107 Å². The molecule has 3 aromatic carbocycles. The number of hydrogen-bond acceptors (Lipinski definition) is 5. The molecule has 5 nitrogen and oxygen atoms in total. The van der Waals surface area contributed by atoms with Gasteiger partial charge >= 0.3 is 11.9 Å². The first-order valence-electron chi connectivity index (χ1n) is 10.7. The van der Waals surface area contributed by atoms with Gasteiger partial charge in [-0.3, -0.25) is 14.5 Å². The summed E-state index contributed by atoms with van der Waals surface area (Å²) < 4.78 is 10.4. The number of fused-ring (bicyclic) bond motifs is 1. The molecule has 0 bridgehead atoms. The SMILES string of the molecule is COC(=O)C1(C(=O)OC)Cc2ccccc2C1N(Cc1ccccc1)Cc1ccccc1. The van der Waals surface area contributed by atoms with Crippen molar-refractivity contribution < 1.29 is 19.1 Å². The van der Waals surface area contributed by atoms with Crippen molar-refractivity contribution in [3.8, 4) is 0 Å². The highest BCUT2D eigenvalue weighted by molar-refractivity contribution is 6.02. The van der Waals surface area contributed by atoms with E-state index in [-0.39, 0.29) is 6.42 Å². The van der Waals surface area contributed by atoms with Crippen molar-refractivity contribution in [1.29, 1.82) is 0 Å². The van der Waals surface area contributed by atoms with Crippen LogP contribution in [-0.2, 0) is 38.6 Å². The Kier molecular flexibility index (Phi) is 6.37. The predicted octanol–water partition coefficient (Wildman–Crippen LogP) is 4.32. The molecule has 4 rings (SSSR count). The first-order chi connectivity index (χ1) is 15.6. The Morgan fingerprint density at radius 3 is 1.75 bits per heavy atom. The summed E-state index contributed by atoms with van der Waals surface area (Å²) in [6.45, 7) is 1.12. The smallest absolute Gasteiger partial charge is 0.325 e. The van der Waals surface area contributed by atoms with Crippen LogP contribution in [0.15, 0.2) is 84.9 Å². The Hall–Kier alpha value is -3.44. The second kappa shape index (κ2) is 9.37. The molecular weight excluding hydrogens is 402 g/mol. The van der Waals surface area contributed by atoms with E-state index in [1.807, 2.05) is 60.7 Å². The maximum atomic E-state index is 13.3. The fourth-order valence-electron chi connectivity index (χ4n) is 4.82. The Morgan fingerprint density at radius 1 is 0.781 bits per heavy atom. The lowest BCUT2D eigenvalue weighted by atomic mass is 9.79. The summed E-state index contributed by atoms with van der Waals surface area (Å²) in [5.41, 5.74) is 2.62. The average Bonchev–Trinajstić information content (AvgIpc) is 3.20. The van der Waals surface area contributed by atoms with Gasteiger partial charge in [-0.1, -0.05) is 84.9 Å². The van der Waals surface area contributed by atoms with Crippen molar-refractivity contribution in [2.24, 2.45) is 5.41 Å². The molecule has 1 aliphatic rings. The van der Waals surface area contributed by atoms with Gasteiger partial charge in [-0.25, -0.2) is 0 Å². The molecule has 0 saturated heterocycles. The summed E-state index contributed by atoms with van der Waals surface area (Å²) in [4.78, 5) is 28.7. The standard InChI is InChI=1S/C27H27NO4/c1-31-25(29)27(26(30)32-2)17-22-15-9-10-16-23(22)24(27)28(18-20-11-5-3-6-12-20)19-21-13-7-4-8-14-21/h3-16,24H,17-19H2,1-2H3. The molecule has 1 unspecified atom stereocenters. The van der Waals surface area contributed by atoms with Crippen LogP contribution in [0.3, 0.4) is 0 Å². The van der Waals surface area contributed by atoms with Gasteiger partial charge in [0.1, 0.15) is 0 Å². The van der Waals surface area contributed by atoms with Gasteiger partial charge in [-0.05, 0) is 22.3 Å². The summed E-state index contributed by atoms with van der Waals surface area (Å²) in [6.07, 6.45) is 0.243. The third-order valence-corrected chi connectivity index (χ3v) is 6.21. The van der Waals surface area contributed by atoms with Crippen molar-refractivity contribution >= 4 is 11.9 Å². The minimum atomic E-state index is -1.48. The van der Waals surface area contributed by atoms with Crippen molar-refractivity contribution in [3.63, 3.8) is 0 Å². The van der Waals surface area contributed by atoms with Crippen LogP contribution in [0.25, 0.3) is 0 Å². The number of carbonyl (C=O) groups excluding carboxylic acids is 2. The number of methoxy groups -OCH3 is 2. The van der Waals surface area contributed by atoms with Gasteiger partial charge in [0.05, 0.1) is 20.3 Å². The van der Waals surface area contributed by atoms with Crippen molar-refractivity contribution in [2.75, 3.05) is 14.2 Å². The summed E-state index contributed by atoms with van der Waals surface area (Å²) in [6, 6.07) is 27.4. The zero-order valence-corrected chi connectivity index (χ0v) is 18.4. The van der Waals surface area contributed by atoms with Gasteiger partial charge in [0.25, 0.3) is 0 Å². The van der Waals surface area contributed by atoms with Gasteiger partial charge in [-0.2, -0.15) is 0 Å². The fraction of sp³-hybridized carbons (Fsp3) is 0.259. The molecule has 3 aromatic rings. The van der Waals surface area contributed by atoms with Crippen LogP contribution in [0.4, 0.5) is 0 Å². The minimum Gasteiger partial charge on any atom is -0.468 e. The van der Waals surface area contributed by atoms with E-state index in [0.29, 0.717) is 13.1 Å². The summed E-state index contributed by atoms with van der Waals surface area (Å²) >= 11 is 0. The van der Waals surface area contributed by atoms with E-state index in [2.05, 4.69) is 29.2 Å². The molecule has 1 aliphatic carbocycles. The number of esters is 2. The van der Waals surface area contributed by atoms with Crippen molar-refractivity contribution in [2.45, 2.75) is 25.6 Å². The second-order valence-electron chi connectivity index (χ2n) is 8.11. The lowest BCUT2D eigenvalue weighted by Gasteiger charge is -2.38. The average molecular weight is 430 g/mol. The second-order valence-corrected chi connectivity index (χ2v) is 8.11. The van der Waals surface area contributed by atoms with Gasteiger partial charge in [0.2, 0.25) is 0 Å². The molecule has 5 heteroatoms. The van der Waals surface area contributed by atoms with E-state index >= 15 is 0 Å². The Morgan fingerprint density at radius 2 is 1.25 bits per heavy atom. The van der Waals surface area contributed by atoms with Crippen LogP contribution >= 0.6 is 0 Å². The van der Waals surface area contributed by atoms with Gasteiger partial charge < -0.3 is 9.47 Å². The minimum absolute atomic E-state index is 0.243. The van der Waals surface area contributed by atoms with Crippen LogP contribution in [0.5, 0.6) is 0 Å². The molecule has 0 spiro atoms. The number of rotatable bonds is 7. The molecular formula is C27H27NO4. The largest absolute Gasteiger partial charge is 0.468 e. The van der Waals surface area contributed by atoms with Crippen LogP contribution < -0.4 is 0 Å². The maximum Gasteiger partial charge on any atom is 0.325 e. The molecule has 0 saturated carbocycles. The predicted molar refractivity (Wildman–Crippen MR) is 121 cm³/mol. The normalized spacial score (nSPS) is 16.4. The number of carbonyl (C=O) groups is 2. The van der Waals surface area contributed by atoms with Gasteiger partial charge in [0.15, 0.2) is 5.41 Å². The first kappa shape index (κ1) is 21.8. The van der Waals surface area contributed by atoms with E-state index in [1.165, 1.54) is 14.2 Å². The number of hydrogen-bond donors (Lipinski definition) is 0. The molecule has 0 amide bonds. The summed E-state index contributed by atoms with van der Waals surface area (Å²) in [7, 11) is 2.65. The highest BCUT2D eigenvalue weighted by atomic mass is 16.5. The number of ether oxygens (including phenoxy) is 2. The zero-order valence-electron chi connectivity index (χ0n) is 18.4. The first-order valence-corrected chi connectivity index (χ1v) is 10.7. The van der Waals surface area contributed by atoms with E-state index < -0.39 is 23.4 Å². The third-order valence-electron chi connectivity index (χ3n) is 6.21. The molecule has 0 fully saturated rings. The highest BCUT2D eigenvalue weighted by Gasteiger charge is 2.61. The lowest BCUT2D eigenvalue weighted by molar-refractivity contribution is -0.175. The fourth-order valence-corrected chi connectivity index (χ4v) is 4.82. The van der Waals surface area contributed by atoms with E-state index in [9.17, 15) is 9.59 Å². The van der Waals surface area contributed by atoms with Crippen LogP contribution in [-0.4, -0.2) is 31.1 Å². The number of benzene rings is 3. The molecule has 0 aliphatic heterocycles. The van der Waals surface area contributed by atoms with Gasteiger partial charge in [0, 0.05) is 19.5 Å². The third kappa shape index (κ3) is 3.92. The highest BCUT2D eigenvalue weighted by Crippen LogP contribution is 2.51. The monoisotopic (exact) mass is 429 g/mol.